The van der Waals surface area contributed by atoms with Crippen LogP contribution in [0.4, 0.5) is 0 Å². The number of hydrogen-bond donors (Lipinski definition) is 0. The topological polar surface area (TPSA) is 24.9 Å². The van der Waals surface area contributed by atoms with Crippen molar-refractivity contribution < 1.29 is 9.47 Å². The maximum atomic E-state index is 5.77. The minimum Gasteiger partial charge on any atom is -0.497 e. The lowest BCUT2D eigenvalue weighted by Gasteiger charge is -2.36. The van der Waals surface area contributed by atoms with Gasteiger partial charge in [-0.2, -0.15) is 0 Å². The third-order valence-electron chi connectivity index (χ3n) is 3.87. The summed E-state index contributed by atoms with van der Waals surface area (Å²) >= 11 is 0. The van der Waals surface area contributed by atoms with E-state index in [-0.39, 0.29) is 0 Å². The Bertz CT molecular complexity index is 384. The lowest BCUT2D eigenvalue weighted by atomic mass is 10.2. The van der Waals surface area contributed by atoms with Gasteiger partial charge in [0.15, 0.2) is 0 Å². The minimum absolute atomic E-state index is 0.660. The van der Waals surface area contributed by atoms with E-state index in [1.54, 1.807) is 7.11 Å². The van der Waals surface area contributed by atoms with Crippen molar-refractivity contribution >= 4 is 0 Å². The molecule has 0 aromatic heterocycles. The summed E-state index contributed by atoms with van der Waals surface area (Å²) in [4.78, 5) is 5.00. The van der Waals surface area contributed by atoms with E-state index in [2.05, 4.69) is 23.6 Å². The molecule has 20 heavy (non-hydrogen) atoms. The molecule has 1 fully saturated rings. The number of rotatable bonds is 6. The minimum atomic E-state index is 0.660. The molecule has 0 spiro atoms. The van der Waals surface area contributed by atoms with Crippen molar-refractivity contribution in [2.45, 2.75) is 19.9 Å². The van der Waals surface area contributed by atoms with Crippen LogP contribution in [0.25, 0.3) is 0 Å². The zero-order chi connectivity index (χ0) is 14.4. The van der Waals surface area contributed by atoms with E-state index in [1.807, 2.05) is 24.3 Å². The highest BCUT2D eigenvalue weighted by molar-refractivity contribution is 5.31. The van der Waals surface area contributed by atoms with E-state index in [9.17, 15) is 0 Å². The fraction of sp³-hybridized carbons (Fsp3) is 0.625. The Balaban J connectivity index is 1.66. The van der Waals surface area contributed by atoms with Gasteiger partial charge in [0.2, 0.25) is 0 Å². The average Bonchev–Trinajstić information content (AvgIpc) is 2.48. The highest BCUT2D eigenvalue weighted by Gasteiger charge is 2.18. The van der Waals surface area contributed by atoms with Gasteiger partial charge in [-0.05, 0) is 38.1 Å². The number of ether oxygens (including phenoxy) is 2. The van der Waals surface area contributed by atoms with Gasteiger partial charge in [0.05, 0.1) is 7.11 Å². The molecular formula is C16H26N2O2. The Labute approximate surface area is 122 Å². The van der Waals surface area contributed by atoms with Crippen molar-refractivity contribution in [1.82, 2.24) is 9.80 Å². The summed E-state index contributed by atoms with van der Waals surface area (Å²) in [6.07, 6.45) is 0. The van der Waals surface area contributed by atoms with Crippen LogP contribution < -0.4 is 9.47 Å². The van der Waals surface area contributed by atoms with E-state index in [0.717, 1.165) is 37.7 Å². The van der Waals surface area contributed by atoms with E-state index < -0.39 is 0 Å². The average molecular weight is 278 g/mol. The summed E-state index contributed by atoms with van der Waals surface area (Å²) in [7, 11) is 1.67. The molecule has 2 rings (SSSR count). The number of nitrogens with zero attached hydrogens (tertiary/aromatic N) is 2. The van der Waals surface area contributed by atoms with Crippen LogP contribution in [-0.4, -0.2) is 62.3 Å². The number of piperazine rings is 1. The molecule has 0 amide bonds. The summed E-state index contributed by atoms with van der Waals surface area (Å²) in [6.45, 7) is 10.9. The van der Waals surface area contributed by atoms with Gasteiger partial charge in [-0.15, -0.1) is 0 Å². The van der Waals surface area contributed by atoms with Crippen LogP contribution in [0.2, 0.25) is 0 Å². The second-order valence-electron chi connectivity index (χ2n) is 5.50. The molecule has 0 unspecified atom stereocenters. The lowest BCUT2D eigenvalue weighted by Crippen LogP contribution is -2.49. The molecule has 1 aromatic rings. The largest absolute Gasteiger partial charge is 0.497 e. The highest BCUT2D eigenvalue weighted by atomic mass is 16.5. The first-order chi connectivity index (χ1) is 9.69. The fourth-order valence-electron chi connectivity index (χ4n) is 2.47. The van der Waals surface area contributed by atoms with Gasteiger partial charge >= 0.3 is 0 Å². The van der Waals surface area contributed by atoms with Crippen molar-refractivity contribution in [2.24, 2.45) is 0 Å². The maximum absolute atomic E-state index is 5.77. The first-order valence-electron chi connectivity index (χ1n) is 7.42. The molecule has 4 heteroatoms. The van der Waals surface area contributed by atoms with Gasteiger partial charge in [0, 0.05) is 38.8 Å². The summed E-state index contributed by atoms with van der Waals surface area (Å²) in [5, 5.41) is 0. The summed E-state index contributed by atoms with van der Waals surface area (Å²) < 4.78 is 10.9. The predicted molar refractivity (Wildman–Crippen MR) is 81.6 cm³/mol. The standard InChI is InChI=1S/C16H26N2O2/c1-14(2)18-10-8-17(9-11-18)12-13-20-16-6-4-15(19-3)5-7-16/h4-7,14H,8-13H2,1-3H3. The van der Waals surface area contributed by atoms with Gasteiger partial charge in [-0.3, -0.25) is 9.80 Å². The molecule has 1 aromatic carbocycles. The molecule has 0 N–H and O–H groups in total. The lowest BCUT2D eigenvalue weighted by molar-refractivity contribution is 0.0971. The van der Waals surface area contributed by atoms with Crippen LogP contribution in [-0.2, 0) is 0 Å². The van der Waals surface area contributed by atoms with Gasteiger partial charge in [-0.25, -0.2) is 0 Å². The van der Waals surface area contributed by atoms with Crippen LogP contribution in [0, 0.1) is 0 Å². The molecule has 1 aliphatic rings. The highest BCUT2D eigenvalue weighted by Crippen LogP contribution is 2.17. The molecule has 0 saturated carbocycles. The Morgan fingerprint density at radius 2 is 1.60 bits per heavy atom. The van der Waals surface area contributed by atoms with Crippen molar-refractivity contribution in [3.63, 3.8) is 0 Å². The van der Waals surface area contributed by atoms with Crippen LogP contribution in [0.3, 0.4) is 0 Å². The van der Waals surface area contributed by atoms with Crippen LogP contribution in [0.1, 0.15) is 13.8 Å². The molecule has 0 radical (unpaired) electrons. The molecular weight excluding hydrogens is 252 g/mol. The molecule has 1 heterocycles. The molecule has 0 bridgehead atoms. The zero-order valence-electron chi connectivity index (χ0n) is 12.8. The Kier molecular flexibility index (Phi) is 5.68. The Morgan fingerprint density at radius 1 is 1.00 bits per heavy atom. The smallest absolute Gasteiger partial charge is 0.119 e. The van der Waals surface area contributed by atoms with Crippen LogP contribution in [0.15, 0.2) is 24.3 Å². The number of benzene rings is 1. The summed E-state index contributed by atoms with van der Waals surface area (Å²) in [6, 6.07) is 8.42. The van der Waals surface area contributed by atoms with E-state index in [4.69, 9.17) is 9.47 Å². The number of methoxy groups -OCH3 is 1. The van der Waals surface area contributed by atoms with Crippen molar-refractivity contribution in [2.75, 3.05) is 46.4 Å². The first-order valence-corrected chi connectivity index (χ1v) is 7.42. The van der Waals surface area contributed by atoms with Crippen LogP contribution in [0.5, 0.6) is 11.5 Å². The molecule has 0 aliphatic carbocycles. The molecule has 0 atom stereocenters. The summed E-state index contributed by atoms with van der Waals surface area (Å²) in [5.41, 5.74) is 0. The normalized spacial score (nSPS) is 17.4. The van der Waals surface area contributed by atoms with E-state index >= 15 is 0 Å². The monoisotopic (exact) mass is 278 g/mol. The second-order valence-corrected chi connectivity index (χ2v) is 5.50. The van der Waals surface area contributed by atoms with Gasteiger partial charge in [0.1, 0.15) is 18.1 Å². The summed E-state index contributed by atoms with van der Waals surface area (Å²) in [5.74, 6) is 1.77. The van der Waals surface area contributed by atoms with Crippen molar-refractivity contribution in [1.29, 1.82) is 0 Å². The zero-order valence-corrected chi connectivity index (χ0v) is 12.8. The SMILES string of the molecule is COc1ccc(OCCN2CCN(C(C)C)CC2)cc1. The first kappa shape index (κ1) is 15.1. The second kappa shape index (κ2) is 7.50. The molecule has 112 valence electrons. The molecule has 4 nitrogen and oxygen atoms in total. The molecule has 1 saturated heterocycles. The number of hydrogen-bond acceptors (Lipinski definition) is 4. The van der Waals surface area contributed by atoms with Gasteiger partial charge in [0.25, 0.3) is 0 Å². The third kappa shape index (κ3) is 4.39. The Morgan fingerprint density at radius 3 is 2.15 bits per heavy atom. The van der Waals surface area contributed by atoms with Crippen LogP contribution >= 0.6 is 0 Å². The van der Waals surface area contributed by atoms with Gasteiger partial charge < -0.3 is 9.47 Å². The van der Waals surface area contributed by atoms with Gasteiger partial charge in [-0.1, -0.05) is 0 Å². The van der Waals surface area contributed by atoms with E-state index in [1.165, 1.54) is 13.1 Å². The maximum Gasteiger partial charge on any atom is 0.119 e. The van der Waals surface area contributed by atoms with Crippen molar-refractivity contribution in [3.8, 4) is 11.5 Å². The van der Waals surface area contributed by atoms with E-state index in [0.29, 0.717) is 6.04 Å². The van der Waals surface area contributed by atoms with Crippen molar-refractivity contribution in [3.05, 3.63) is 24.3 Å². The molecule has 1 aliphatic heterocycles. The predicted octanol–water partition coefficient (Wildman–Crippen LogP) is 2.10. The Hall–Kier alpha value is -1.26. The fourth-order valence-corrected chi connectivity index (χ4v) is 2.47. The quantitative estimate of drug-likeness (QED) is 0.795. The third-order valence-corrected chi connectivity index (χ3v) is 3.87.